The van der Waals surface area contributed by atoms with Crippen LogP contribution < -0.4 is 5.32 Å². The van der Waals surface area contributed by atoms with Gasteiger partial charge < -0.3 is 40.7 Å². The first-order valence-corrected chi connectivity index (χ1v) is 6.98. The summed E-state index contributed by atoms with van der Waals surface area (Å²) in [4.78, 5) is 0. The monoisotopic (exact) mass is 315 g/mol. The number of nitrogens with one attached hydrogen (secondary N) is 1. The van der Waals surface area contributed by atoms with Crippen LogP contribution >= 0.6 is 0 Å². The van der Waals surface area contributed by atoms with Crippen molar-refractivity contribution in [2.24, 2.45) is 0 Å². The number of hydrogen-bond acceptors (Lipinski definition) is 8. The molecule has 0 aromatic heterocycles. The zero-order chi connectivity index (χ0) is 16.3. The van der Waals surface area contributed by atoms with Gasteiger partial charge in [-0.25, -0.2) is 0 Å². The molecular formula is C14H21NO7. The minimum absolute atomic E-state index is 0.0232. The van der Waals surface area contributed by atoms with Crippen molar-refractivity contribution in [3.05, 3.63) is 23.8 Å². The highest BCUT2D eigenvalue weighted by Crippen LogP contribution is 2.23. The summed E-state index contributed by atoms with van der Waals surface area (Å²) in [7, 11) is 0. The van der Waals surface area contributed by atoms with E-state index in [1.807, 2.05) is 0 Å². The molecule has 2 rings (SSSR count). The SMILES string of the molecule is OC[C@H]1OC(O)[C@H](NCCc2cc(O)ccc2O)[C@@H](O)[C@@H]1O. The lowest BCUT2D eigenvalue weighted by Crippen LogP contribution is -2.63. The Hall–Kier alpha value is -1.42. The molecule has 1 aromatic carbocycles. The van der Waals surface area contributed by atoms with E-state index in [2.05, 4.69) is 5.32 Å². The number of phenols is 2. The Kier molecular flexibility index (Phi) is 5.57. The molecule has 8 nitrogen and oxygen atoms in total. The van der Waals surface area contributed by atoms with Gasteiger partial charge >= 0.3 is 0 Å². The maximum Gasteiger partial charge on any atom is 0.173 e. The molecule has 0 saturated carbocycles. The molecule has 7 N–H and O–H groups in total. The van der Waals surface area contributed by atoms with E-state index in [4.69, 9.17) is 9.84 Å². The van der Waals surface area contributed by atoms with Gasteiger partial charge in [0.05, 0.1) is 12.6 Å². The van der Waals surface area contributed by atoms with Crippen molar-refractivity contribution < 1.29 is 35.4 Å². The Morgan fingerprint density at radius 1 is 1.09 bits per heavy atom. The smallest absolute Gasteiger partial charge is 0.173 e. The minimum Gasteiger partial charge on any atom is -0.508 e. The number of hydrogen-bond donors (Lipinski definition) is 7. The topological polar surface area (TPSA) is 143 Å². The molecule has 1 aliphatic rings. The van der Waals surface area contributed by atoms with Crippen molar-refractivity contribution >= 4 is 0 Å². The number of aliphatic hydroxyl groups excluding tert-OH is 4. The zero-order valence-corrected chi connectivity index (χ0v) is 11.8. The number of aromatic hydroxyl groups is 2. The molecule has 0 spiro atoms. The Morgan fingerprint density at radius 2 is 1.82 bits per heavy atom. The van der Waals surface area contributed by atoms with Gasteiger partial charge in [0.25, 0.3) is 0 Å². The van der Waals surface area contributed by atoms with Crippen molar-refractivity contribution in [2.75, 3.05) is 13.2 Å². The molecule has 124 valence electrons. The van der Waals surface area contributed by atoms with E-state index in [1.165, 1.54) is 18.2 Å². The van der Waals surface area contributed by atoms with Crippen molar-refractivity contribution in [1.82, 2.24) is 5.32 Å². The number of phenolic OH excluding ortho intramolecular Hbond substituents is 2. The summed E-state index contributed by atoms with van der Waals surface area (Å²) in [6, 6.07) is 3.21. The molecule has 5 atom stereocenters. The molecule has 1 heterocycles. The molecule has 1 unspecified atom stereocenters. The Labute approximate surface area is 127 Å². The maximum atomic E-state index is 9.95. The second-order valence-corrected chi connectivity index (χ2v) is 5.27. The van der Waals surface area contributed by atoms with Crippen molar-refractivity contribution in [2.45, 2.75) is 37.1 Å². The second-order valence-electron chi connectivity index (χ2n) is 5.27. The Balaban J connectivity index is 1.92. The zero-order valence-electron chi connectivity index (χ0n) is 11.8. The van der Waals surface area contributed by atoms with Gasteiger partial charge in [-0.05, 0) is 36.7 Å². The van der Waals surface area contributed by atoms with E-state index >= 15 is 0 Å². The third-order valence-corrected chi connectivity index (χ3v) is 3.74. The summed E-state index contributed by atoms with van der Waals surface area (Å²) in [5.41, 5.74) is 0.502. The molecule has 22 heavy (non-hydrogen) atoms. The van der Waals surface area contributed by atoms with Crippen molar-refractivity contribution in [3.8, 4) is 11.5 Å². The van der Waals surface area contributed by atoms with Gasteiger partial charge in [-0.2, -0.15) is 0 Å². The Bertz CT molecular complexity index is 498. The van der Waals surface area contributed by atoms with Crippen LogP contribution in [0.1, 0.15) is 5.56 Å². The summed E-state index contributed by atoms with van der Waals surface area (Å²) in [6.07, 6.45) is -4.72. The standard InChI is InChI=1S/C14H21NO7/c16-6-10-12(19)13(20)11(14(21)22-10)15-4-3-7-5-8(17)1-2-9(7)18/h1-2,5,10-21H,3-4,6H2/t10-,11-,12-,13-,14?/m1/s1. The fraction of sp³-hybridized carbons (Fsp3) is 0.571. The van der Waals surface area contributed by atoms with E-state index in [0.717, 1.165) is 0 Å². The van der Waals surface area contributed by atoms with E-state index in [0.29, 0.717) is 12.0 Å². The van der Waals surface area contributed by atoms with E-state index in [1.54, 1.807) is 0 Å². The van der Waals surface area contributed by atoms with Crippen LogP contribution in [-0.2, 0) is 11.2 Å². The Morgan fingerprint density at radius 3 is 2.50 bits per heavy atom. The number of rotatable bonds is 5. The predicted octanol–water partition coefficient (Wildman–Crippen LogP) is -1.97. The molecule has 0 amide bonds. The van der Waals surface area contributed by atoms with Crippen LogP contribution in [0.4, 0.5) is 0 Å². The first kappa shape index (κ1) is 16.9. The van der Waals surface area contributed by atoms with Crippen LogP contribution in [0.15, 0.2) is 18.2 Å². The van der Waals surface area contributed by atoms with Crippen molar-refractivity contribution in [3.63, 3.8) is 0 Å². The van der Waals surface area contributed by atoms with Gasteiger partial charge in [0.2, 0.25) is 0 Å². The minimum atomic E-state index is -1.38. The number of benzene rings is 1. The maximum absolute atomic E-state index is 9.95. The summed E-state index contributed by atoms with van der Waals surface area (Å²) in [6.45, 7) is -0.255. The second kappa shape index (κ2) is 7.23. The lowest BCUT2D eigenvalue weighted by Gasteiger charge is -2.40. The fourth-order valence-corrected chi connectivity index (χ4v) is 2.46. The van der Waals surface area contributed by atoms with Gasteiger partial charge in [-0.15, -0.1) is 0 Å². The third-order valence-electron chi connectivity index (χ3n) is 3.74. The molecular weight excluding hydrogens is 294 g/mol. The highest BCUT2D eigenvalue weighted by molar-refractivity contribution is 5.38. The van der Waals surface area contributed by atoms with Gasteiger partial charge in [0, 0.05) is 0 Å². The van der Waals surface area contributed by atoms with Gasteiger partial charge in [0.1, 0.15) is 29.8 Å². The summed E-state index contributed by atoms with van der Waals surface area (Å²) in [5.74, 6) is 0.0519. The van der Waals surface area contributed by atoms with Crippen LogP contribution in [0.3, 0.4) is 0 Å². The first-order valence-electron chi connectivity index (χ1n) is 6.98. The van der Waals surface area contributed by atoms with Gasteiger partial charge in [-0.3, -0.25) is 0 Å². The highest BCUT2D eigenvalue weighted by atomic mass is 16.6. The number of ether oxygens (including phenoxy) is 1. The molecule has 8 heteroatoms. The van der Waals surface area contributed by atoms with Crippen LogP contribution in [0.25, 0.3) is 0 Å². The summed E-state index contributed by atoms with van der Waals surface area (Å²) < 4.78 is 5.02. The third kappa shape index (κ3) is 3.67. The molecule has 0 bridgehead atoms. The average molecular weight is 315 g/mol. The van der Waals surface area contributed by atoms with Crippen LogP contribution in [-0.4, -0.2) is 74.4 Å². The molecule has 0 radical (unpaired) electrons. The quantitative estimate of drug-likeness (QED) is 0.310. The lowest BCUT2D eigenvalue weighted by atomic mass is 9.97. The first-order chi connectivity index (χ1) is 10.4. The summed E-state index contributed by atoms with van der Waals surface area (Å²) in [5, 5.41) is 60.4. The van der Waals surface area contributed by atoms with E-state index < -0.39 is 37.3 Å². The van der Waals surface area contributed by atoms with Gasteiger partial charge in [-0.1, -0.05) is 0 Å². The van der Waals surface area contributed by atoms with Crippen LogP contribution in [0.5, 0.6) is 11.5 Å². The van der Waals surface area contributed by atoms with Crippen LogP contribution in [0, 0.1) is 0 Å². The number of aliphatic hydroxyl groups is 4. The largest absolute Gasteiger partial charge is 0.508 e. The molecule has 1 fully saturated rings. The lowest BCUT2D eigenvalue weighted by molar-refractivity contribution is -0.254. The highest BCUT2D eigenvalue weighted by Gasteiger charge is 2.43. The molecule has 1 saturated heterocycles. The molecule has 0 aliphatic carbocycles. The van der Waals surface area contributed by atoms with Crippen LogP contribution in [0.2, 0.25) is 0 Å². The predicted molar refractivity (Wildman–Crippen MR) is 75.2 cm³/mol. The van der Waals surface area contributed by atoms with E-state index in [9.17, 15) is 25.5 Å². The molecule has 1 aromatic rings. The van der Waals surface area contributed by atoms with Crippen molar-refractivity contribution in [1.29, 1.82) is 0 Å². The summed E-state index contributed by atoms with van der Waals surface area (Å²) >= 11 is 0. The normalized spacial score (nSPS) is 32.1. The van der Waals surface area contributed by atoms with E-state index in [-0.39, 0.29) is 18.0 Å². The molecule has 1 aliphatic heterocycles. The fourth-order valence-electron chi connectivity index (χ4n) is 2.46. The van der Waals surface area contributed by atoms with Gasteiger partial charge in [0.15, 0.2) is 6.29 Å². The average Bonchev–Trinajstić information content (AvgIpc) is 2.49.